The van der Waals surface area contributed by atoms with Crippen molar-refractivity contribution in [2.45, 2.75) is 38.8 Å². The Labute approximate surface area is 158 Å². The van der Waals surface area contributed by atoms with Crippen molar-refractivity contribution < 1.29 is 9.53 Å². The molecule has 2 rings (SSSR count). The van der Waals surface area contributed by atoms with Gasteiger partial charge in [0.05, 0.1) is 0 Å². The first-order chi connectivity index (χ1) is 11.8. The Balaban J connectivity index is 1.80. The number of aliphatic imine (C=N–C) groups is 1. The van der Waals surface area contributed by atoms with Crippen molar-refractivity contribution in [1.82, 2.24) is 10.6 Å². The number of rotatable bonds is 4. The lowest BCUT2D eigenvalue weighted by molar-refractivity contribution is -0.153. The van der Waals surface area contributed by atoms with Gasteiger partial charge in [-0.2, -0.15) is 0 Å². The molecule has 0 bridgehead atoms. The molecule has 6 nitrogen and oxygen atoms in total. The number of guanidine groups is 1. The molecule has 1 unspecified atom stereocenters. The van der Waals surface area contributed by atoms with Gasteiger partial charge in [0.1, 0.15) is 12.1 Å². The standard InChI is InChI=1S/C18H27BrN4O2/c1-18(2,3)25-16(24)11-21-17(20-4)22-14-9-10-23(12-14)15-7-5-13(19)6-8-15/h5-8,14H,9-12H2,1-4H3,(H2,20,21,22). The van der Waals surface area contributed by atoms with Gasteiger partial charge in [-0.1, -0.05) is 15.9 Å². The maximum Gasteiger partial charge on any atom is 0.325 e. The lowest BCUT2D eigenvalue weighted by Gasteiger charge is -2.22. The number of hydrogen-bond donors (Lipinski definition) is 2. The zero-order valence-electron chi connectivity index (χ0n) is 15.3. The van der Waals surface area contributed by atoms with E-state index in [4.69, 9.17) is 4.74 Å². The van der Waals surface area contributed by atoms with Crippen LogP contribution in [0.25, 0.3) is 0 Å². The zero-order chi connectivity index (χ0) is 18.4. The molecule has 7 heteroatoms. The number of ether oxygens (including phenoxy) is 1. The van der Waals surface area contributed by atoms with Gasteiger partial charge in [-0.15, -0.1) is 0 Å². The summed E-state index contributed by atoms with van der Waals surface area (Å²) in [5.41, 5.74) is 0.732. The van der Waals surface area contributed by atoms with Crippen molar-refractivity contribution in [1.29, 1.82) is 0 Å². The number of esters is 1. The predicted octanol–water partition coefficient (Wildman–Crippen LogP) is 2.53. The lowest BCUT2D eigenvalue weighted by atomic mass is 10.2. The van der Waals surface area contributed by atoms with E-state index in [-0.39, 0.29) is 18.6 Å². The van der Waals surface area contributed by atoms with E-state index in [9.17, 15) is 4.79 Å². The van der Waals surface area contributed by atoms with Crippen LogP contribution < -0.4 is 15.5 Å². The van der Waals surface area contributed by atoms with Crippen LogP contribution >= 0.6 is 15.9 Å². The largest absolute Gasteiger partial charge is 0.459 e. The van der Waals surface area contributed by atoms with Crippen LogP contribution in [-0.4, -0.2) is 50.3 Å². The quantitative estimate of drug-likeness (QED) is 0.453. The molecule has 1 aliphatic heterocycles. The van der Waals surface area contributed by atoms with Crippen LogP contribution in [0.4, 0.5) is 5.69 Å². The number of benzene rings is 1. The molecule has 2 N–H and O–H groups in total. The van der Waals surface area contributed by atoms with E-state index >= 15 is 0 Å². The second-order valence-corrected chi connectivity index (χ2v) is 7.98. The molecule has 0 spiro atoms. The van der Waals surface area contributed by atoms with Gasteiger partial charge in [0.15, 0.2) is 5.96 Å². The number of anilines is 1. The first-order valence-corrected chi connectivity index (χ1v) is 9.25. The van der Waals surface area contributed by atoms with E-state index in [0.717, 1.165) is 24.0 Å². The molecular weight excluding hydrogens is 384 g/mol. The molecule has 25 heavy (non-hydrogen) atoms. The van der Waals surface area contributed by atoms with Crippen LogP contribution in [0.1, 0.15) is 27.2 Å². The third-order valence-corrected chi connectivity index (χ3v) is 4.29. The third-order valence-electron chi connectivity index (χ3n) is 3.76. The summed E-state index contributed by atoms with van der Waals surface area (Å²) in [4.78, 5) is 18.3. The van der Waals surface area contributed by atoms with Gasteiger partial charge in [-0.25, -0.2) is 0 Å². The molecule has 1 aliphatic rings. The van der Waals surface area contributed by atoms with Crippen LogP contribution in [0.3, 0.4) is 0 Å². The van der Waals surface area contributed by atoms with E-state index in [1.807, 2.05) is 20.8 Å². The SMILES string of the molecule is CN=C(NCC(=O)OC(C)(C)C)NC1CCN(c2ccc(Br)cc2)C1. The number of carbonyl (C=O) groups is 1. The first kappa shape index (κ1) is 19.6. The van der Waals surface area contributed by atoms with Crippen LogP contribution in [0.5, 0.6) is 0 Å². The molecule has 0 amide bonds. The lowest BCUT2D eigenvalue weighted by Crippen LogP contribution is -2.46. The van der Waals surface area contributed by atoms with Gasteiger partial charge in [-0.05, 0) is 51.5 Å². The molecule has 1 aromatic carbocycles. The minimum absolute atomic E-state index is 0.0973. The second-order valence-electron chi connectivity index (χ2n) is 7.06. The number of hydrogen-bond acceptors (Lipinski definition) is 4. The first-order valence-electron chi connectivity index (χ1n) is 8.46. The van der Waals surface area contributed by atoms with Gasteiger partial charge >= 0.3 is 5.97 Å². The Kier molecular flexibility index (Phi) is 6.70. The summed E-state index contributed by atoms with van der Waals surface area (Å²) in [6.45, 7) is 7.55. The van der Waals surface area contributed by atoms with Crippen molar-refractivity contribution in [2.75, 3.05) is 31.6 Å². The molecule has 138 valence electrons. The van der Waals surface area contributed by atoms with E-state index in [1.54, 1.807) is 7.05 Å². The number of halogens is 1. The van der Waals surface area contributed by atoms with Crippen molar-refractivity contribution in [3.05, 3.63) is 28.7 Å². The molecule has 0 saturated carbocycles. The summed E-state index contributed by atoms with van der Waals surface area (Å²) in [6.07, 6.45) is 1.02. The number of nitrogens with zero attached hydrogens (tertiary/aromatic N) is 2. The minimum atomic E-state index is -0.480. The van der Waals surface area contributed by atoms with E-state index in [0.29, 0.717) is 5.96 Å². The zero-order valence-corrected chi connectivity index (χ0v) is 16.9. The highest BCUT2D eigenvalue weighted by atomic mass is 79.9. The normalized spacial score (nSPS) is 18.2. The van der Waals surface area contributed by atoms with Gasteiger partial charge in [0.2, 0.25) is 0 Å². The molecule has 1 aromatic rings. The average molecular weight is 411 g/mol. The van der Waals surface area contributed by atoms with Crippen molar-refractivity contribution in [3.8, 4) is 0 Å². The maximum atomic E-state index is 11.8. The Morgan fingerprint density at radius 3 is 2.64 bits per heavy atom. The molecule has 1 fully saturated rings. The fourth-order valence-corrected chi connectivity index (χ4v) is 2.95. The van der Waals surface area contributed by atoms with Crippen LogP contribution in [0, 0.1) is 0 Å². The summed E-state index contributed by atoms with van der Waals surface area (Å²) in [6, 6.07) is 8.62. The highest BCUT2D eigenvalue weighted by Crippen LogP contribution is 2.22. The third kappa shape index (κ3) is 6.57. The van der Waals surface area contributed by atoms with E-state index < -0.39 is 5.60 Å². The summed E-state index contributed by atoms with van der Waals surface area (Å²) in [7, 11) is 1.70. The Morgan fingerprint density at radius 1 is 1.36 bits per heavy atom. The number of nitrogens with one attached hydrogen (secondary N) is 2. The highest BCUT2D eigenvalue weighted by Gasteiger charge is 2.24. The second kappa shape index (κ2) is 8.56. The summed E-state index contributed by atoms with van der Waals surface area (Å²) in [5.74, 6) is 0.326. The molecule has 1 atom stereocenters. The minimum Gasteiger partial charge on any atom is -0.459 e. The van der Waals surface area contributed by atoms with Gasteiger partial charge in [0, 0.05) is 36.3 Å². The highest BCUT2D eigenvalue weighted by molar-refractivity contribution is 9.10. The van der Waals surface area contributed by atoms with Crippen LogP contribution in [0.15, 0.2) is 33.7 Å². The topological polar surface area (TPSA) is 66.0 Å². The van der Waals surface area contributed by atoms with Crippen molar-refractivity contribution >= 4 is 33.5 Å². The molecule has 0 aliphatic carbocycles. The fraction of sp³-hybridized carbons (Fsp3) is 0.556. The van der Waals surface area contributed by atoms with E-state index in [2.05, 4.69) is 60.7 Å². The summed E-state index contributed by atoms with van der Waals surface area (Å²) >= 11 is 3.46. The monoisotopic (exact) mass is 410 g/mol. The summed E-state index contributed by atoms with van der Waals surface area (Å²) < 4.78 is 6.37. The van der Waals surface area contributed by atoms with Gasteiger partial charge in [0.25, 0.3) is 0 Å². The Hall–Kier alpha value is -1.76. The average Bonchev–Trinajstić information content (AvgIpc) is 2.99. The molecule has 0 radical (unpaired) electrons. The van der Waals surface area contributed by atoms with Crippen LogP contribution in [-0.2, 0) is 9.53 Å². The smallest absolute Gasteiger partial charge is 0.325 e. The van der Waals surface area contributed by atoms with Gasteiger partial charge < -0.3 is 20.3 Å². The fourth-order valence-electron chi connectivity index (χ4n) is 2.69. The predicted molar refractivity (Wildman–Crippen MR) is 105 cm³/mol. The Morgan fingerprint density at radius 2 is 2.04 bits per heavy atom. The van der Waals surface area contributed by atoms with Crippen LogP contribution in [0.2, 0.25) is 0 Å². The molecule has 1 heterocycles. The molecule has 0 aromatic heterocycles. The Bertz CT molecular complexity index is 610. The molecular formula is C18H27BrN4O2. The van der Waals surface area contributed by atoms with Gasteiger partial charge in [-0.3, -0.25) is 9.79 Å². The van der Waals surface area contributed by atoms with Crippen molar-refractivity contribution in [3.63, 3.8) is 0 Å². The maximum absolute atomic E-state index is 11.8. The van der Waals surface area contributed by atoms with E-state index in [1.165, 1.54) is 5.69 Å². The summed E-state index contributed by atoms with van der Waals surface area (Å²) in [5, 5.41) is 6.40. The number of carbonyl (C=O) groups excluding carboxylic acids is 1. The van der Waals surface area contributed by atoms with Crippen molar-refractivity contribution in [2.24, 2.45) is 4.99 Å². The molecule has 1 saturated heterocycles.